The fourth-order valence-corrected chi connectivity index (χ4v) is 4.08. The lowest BCUT2D eigenvalue weighted by Gasteiger charge is -2.38. The Kier molecular flexibility index (Phi) is 7.78. The Balaban J connectivity index is 1.65. The zero-order valence-electron chi connectivity index (χ0n) is 15.4. The van der Waals surface area contributed by atoms with Crippen molar-refractivity contribution in [3.05, 3.63) is 29.8 Å². The lowest BCUT2D eigenvalue weighted by molar-refractivity contribution is -0.128. The summed E-state index contributed by atoms with van der Waals surface area (Å²) in [6.07, 6.45) is 4.05. The summed E-state index contributed by atoms with van der Waals surface area (Å²) in [7, 11) is 0. The van der Waals surface area contributed by atoms with E-state index < -0.39 is 0 Å². The van der Waals surface area contributed by atoms with Crippen LogP contribution < -0.4 is 10.9 Å². The number of amides is 2. The smallest absolute Gasteiger partial charge is 0.248 e. The van der Waals surface area contributed by atoms with Crippen molar-refractivity contribution >= 4 is 23.6 Å². The highest BCUT2D eigenvalue weighted by molar-refractivity contribution is 8.00. The minimum Gasteiger partial charge on any atom is -0.297 e. The highest BCUT2D eigenvalue weighted by Crippen LogP contribution is 2.22. The Bertz CT molecular complexity index is 584. The van der Waals surface area contributed by atoms with Crippen LogP contribution in [0.1, 0.15) is 45.1 Å². The third-order valence-corrected chi connectivity index (χ3v) is 5.94. The van der Waals surface area contributed by atoms with Crippen LogP contribution in [0.25, 0.3) is 0 Å². The second-order valence-electron chi connectivity index (χ2n) is 6.77. The molecule has 1 fully saturated rings. The molecular formula is C19H29N3O2S. The van der Waals surface area contributed by atoms with Gasteiger partial charge in [0.15, 0.2) is 0 Å². The van der Waals surface area contributed by atoms with Crippen molar-refractivity contribution in [3.63, 3.8) is 0 Å². The number of hydrazine groups is 1. The zero-order valence-corrected chi connectivity index (χ0v) is 16.2. The number of hydrogen-bond donors (Lipinski definition) is 2. The average Bonchev–Trinajstić information content (AvgIpc) is 2.59. The first kappa shape index (κ1) is 19.8. The largest absolute Gasteiger partial charge is 0.297 e. The van der Waals surface area contributed by atoms with Gasteiger partial charge >= 0.3 is 0 Å². The number of likely N-dealkylation sites (tertiary alicyclic amines) is 1. The second-order valence-corrected chi connectivity index (χ2v) is 7.78. The highest BCUT2D eigenvalue weighted by atomic mass is 32.2. The van der Waals surface area contributed by atoms with Crippen LogP contribution >= 0.6 is 11.8 Å². The van der Waals surface area contributed by atoms with Gasteiger partial charge in [-0.3, -0.25) is 25.3 Å². The standard InChI is InChI=1S/C19H29N3O2S/c1-14-7-4-5-10-17(14)25-13-19(24)21-20-18(23)11-12-22-15(2)8-6-9-16(22)3/h4-5,7,10,15-16H,6,8-9,11-13H2,1-3H3,(H,20,23)(H,21,24)/t15-,16-/m0/s1. The molecule has 2 amide bonds. The van der Waals surface area contributed by atoms with Crippen molar-refractivity contribution in [2.75, 3.05) is 12.3 Å². The molecular weight excluding hydrogens is 334 g/mol. The van der Waals surface area contributed by atoms with E-state index in [-0.39, 0.29) is 17.6 Å². The number of nitrogens with zero attached hydrogens (tertiary/aromatic N) is 1. The molecule has 0 saturated carbocycles. The van der Waals surface area contributed by atoms with Crippen LogP contribution in [-0.4, -0.2) is 41.1 Å². The highest BCUT2D eigenvalue weighted by Gasteiger charge is 2.24. The van der Waals surface area contributed by atoms with Crippen LogP contribution in [0.15, 0.2) is 29.2 Å². The number of nitrogens with one attached hydrogen (secondary N) is 2. The summed E-state index contributed by atoms with van der Waals surface area (Å²) in [5.74, 6) is -0.0498. The summed E-state index contributed by atoms with van der Waals surface area (Å²) in [5.41, 5.74) is 6.18. The summed E-state index contributed by atoms with van der Waals surface area (Å²) in [6.45, 7) is 7.20. The quantitative estimate of drug-likeness (QED) is 0.603. The Morgan fingerprint density at radius 3 is 2.44 bits per heavy atom. The van der Waals surface area contributed by atoms with Crippen LogP contribution in [0.5, 0.6) is 0 Å². The average molecular weight is 364 g/mol. The molecule has 1 aliphatic rings. The summed E-state index contributed by atoms with van der Waals surface area (Å²) in [4.78, 5) is 27.3. The maximum Gasteiger partial charge on any atom is 0.248 e. The summed E-state index contributed by atoms with van der Waals surface area (Å²) in [6, 6.07) is 8.99. The van der Waals surface area contributed by atoms with Gasteiger partial charge in [0.2, 0.25) is 11.8 Å². The Labute approximate surface area is 154 Å². The molecule has 138 valence electrons. The van der Waals surface area contributed by atoms with Gasteiger partial charge in [-0.15, -0.1) is 11.8 Å². The van der Waals surface area contributed by atoms with Crippen molar-refractivity contribution in [2.24, 2.45) is 0 Å². The Morgan fingerprint density at radius 1 is 1.12 bits per heavy atom. The molecule has 6 heteroatoms. The molecule has 0 spiro atoms. The summed E-state index contributed by atoms with van der Waals surface area (Å²) < 4.78 is 0. The molecule has 0 bridgehead atoms. The number of rotatable bonds is 6. The van der Waals surface area contributed by atoms with E-state index in [1.165, 1.54) is 31.0 Å². The van der Waals surface area contributed by atoms with Crippen LogP contribution in [0.3, 0.4) is 0 Å². The van der Waals surface area contributed by atoms with E-state index in [0.717, 1.165) is 17.0 Å². The fourth-order valence-electron chi connectivity index (χ4n) is 3.25. The minimum atomic E-state index is -0.193. The molecule has 0 aliphatic carbocycles. The monoisotopic (exact) mass is 363 g/mol. The summed E-state index contributed by atoms with van der Waals surface area (Å²) in [5, 5.41) is 0. The van der Waals surface area contributed by atoms with Gasteiger partial charge in [0.25, 0.3) is 0 Å². The number of aryl methyl sites for hydroxylation is 1. The predicted molar refractivity (Wildman–Crippen MR) is 102 cm³/mol. The van der Waals surface area contributed by atoms with Gasteiger partial charge in [0.05, 0.1) is 5.75 Å². The molecule has 0 aromatic heterocycles. The van der Waals surface area contributed by atoms with Crippen LogP contribution in [0.2, 0.25) is 0 Å². The van der Waals surface area contributed by atoms with Crippen LogP contribution in [0, 0.1) is 6.92 Å². The Morgan fingerprint density at radius 2 is 1.76 bits per heavy atom. The van der Waals surface area contributed by atoms with Gasteiger partial charge in [-0.2, -0.15) is 0 Å². The molecule has 0 radical (unpaired) electrons. The molecule has 1 heterocycles. The molecule has 1 aromatic rings. The van der Waals surface area contributed by atoms with E-state index in [1.54, 1.807) is 0 Å². The molecule has 1 saturated heterocycles. The molecule has 5 nitrogen and oxygen atoms in total. The first-order valence-electron chi connectivity index (χ1n) is 8.99. The molecule has 2 atom stereocenters. The van der Waals surface area contributed by atoms with Gasteiger partial charge in [-0.05, 0) is 45.2 Å². The first-order valence-corrected chi connectivity index (χ1v) is 9.97. The lowest BCUT2D eigenvalue weighted by atomic mass is 9.97. The first-order chi connectivity index (χ1) is 12.0. The molecule has 2 rings (SSSR count). The number of carbonyl (C=O) groups is 2. The van der Waals surface area contributed by atoms with Crippen LogP contribution in [0.4, 0.5) is 0 Å². The van der Waals surface area contributed by atoms with Crippen molar-refractivity contribution in [1.82, 2.24) is 15.8 Å². The summed E-state index contributed by atoms with van der Waals surface area (Å²) >= 11 is 1.47. The number of thioether (sulfide) groups is 1. The van der Waals surface area contributed by atoms with Gasteiger partial charge in [0.1, 0.15) is 0 Å². The lowest BCUT2D eigenvalue weighted by Crippen LogP contribution is -2.47. The molecule has 25 heavy (non-hydrogen) atoms. The van der Waals surface area contributed by atoms with Crippen LogP contribution in [-0.2, 0) is 9.59 Å². The molecule has 1 aliphatic heterocycles. The maximum atomic E-state index is 12.0. The predicted octanol–water partition coefficient (Wildman–Crippen LogP) is 2.89. The van der Waals surface area contributed by atoms with E-state index in [9.17, 15) is 9.59 Å². The number of piperidine rings is 1. The van der Waals surface area contributed by atoms with E-state index in [2.05, 4.69) is 29.6 Å². The Hall–Kier alpha value is -1.53. The van der Waals surface area contributed by atoms with Gasteiger partial charge < -0.3 is 0 Å². The van der Waals surface area contributed by atoms with Crippen molar-refractivity contribution < 1.29 is 9.59 Å². The molecule has 1 aromatic carbocycles. The fraction of sp³-hybridized carbons (Fsp3) is 0.579. The molecule has 0 unspecified atom stereocenters. The van der Waals surface area contributed by atoms with E-state index in [1.807, 2.05) is 31.2 Å². The van der Waals surface area contributed by atoms with E-state index in [0.29, 0.717) is 18.5 Å². The normalized spacial score (nSPS) is 20.9. The SMILES string of the molecule is Cc1ccccc1SCC(=O)NNC(=O)CCN1[C@@H](C)CCC[C@@H]1C. The van der Waals surface area contributed by atoms with E-state index >= 15 is 0 Å². The van der Waals surface area contributed by atoms with E-state index in [4.69, 9.17) is 0 Å². The number of carbonyl (C=O) groups excluding carboxylic acids is 2. The second kappa shape index (κ2) is 9.82. The van der Waals surface area contributed by atoms with Crippen molar-refractivity contribution in [1.29, 1.82) is 0 Å². The zero-order chi connectivity index (χ0) is 18.2. The number of benzene rings is 1. The third-order valence-electron chi connectivity index (χ3n) is 4.77. The van der Waals surface area contributed by atoms with Gasteiger partial charge in [-0.25, -0.2) is 0 Å². The number of hydrogen-bond acceptors (Lipinski definition) is 4. The maximum absolute atomic E-state index is 12.0. The van der Waals surface area contributed by atoms with Crippen molar-refractivity contribution in [3.8, 4) is 0 Å². The third kappa shape index (κ3) is 6.36. The van der Waals surface area contributed by atoms with Crippen molar-refractivity contribution in [2.45, 2.75) is 63.4 Å². The topological polar surface area (TPSA) is 61.4 Å². The molecule has 2 N–H and O–H groups in total. The van der Waals surface area contributed by atoms with Gasteiger partial charge in [0, 0.05) is 29.9 Å². The van der Waals surface area contributed by atoms with Gasteiger partial charge in [-0.1, -0.05) is 24.6 Å². The minimum absolute atomic E-state index is 0.140.